The molecular formula is C33H34N6O7. The van der Waals surface area contributed by atoms with Crippen LogP contribution in [0.2, 0.25) is 0 Å². The summed E-state index contributed by atoms with van der Waals surface area (Å²) in [6.07, 6.45) is -2.91. The molecule has 0 spiro atoms. The molecule has 2 aromatic heterocycles. The van der Waals surface area contributed by atoms with Crippen LogP contribution in [0.5, 0.6) is 0 Å². The normalized spacial score (nSPS) is 19.1. The zero-order valence-corrected chi connectivity index (χ0v) is 26.1. The number of aryl methyl sites for hydroxylation is 2. The number of nitriles is 1. The van der Waals surface area contributed by atoms with Crippen LogP contribution >= 0.6 is 0 Å². The fraction of sp³-hybridized carbons (Fsp3) is 0.364. The van der Waals surface area contributed by atoms with Gasteiger partial charge >= 0.3 is 17.9 Å². The molecule has 0 aliphatic carbocycles. The zero-order chi connectivity index (χ0) is 33.0. The Hall–Kier alpha value is -5.35. The maximum atomic E-state index is 12.2. The summed E-state index contributed by atoms with van der Waals surface area (Å²) in [6.45, 7) is 7.88. The van der Waals surface area contributed by atoms with Crippen molar-refractivity contribution in [2.24, 2.45) is 0 Å². The number of ether oxygens (including phenoxy) is 4. The molecule has 0 amide bonds. The number of imidazole rings is 1. The first-order valence-corrected chi connectivity index (χ1v) is 14.7. The van der Waals surface area contributed by atoms with Crippen LogP contribution in [0.15, 0.2) is 54.9 Å². The van der Waals surface area contributed by atoms with E-state index in [1.165, 1.54) is 31.7 Å². The van der Waals surface area contributed by atoms with Gasteiger partial charge in [-0.25, -0.2) is 4.98 Å². The third-order valence-corrected chi connectivity index (χ3v) is 7.57. The molecule has 13 nitrogen and oxygen atoms in total. The highest BCUT2D eigenvalue weighted by atomic mass is 16.7. The quantitative estimate of drug-likeness (QED) is 0.200. The number of nitrogens with zero attached hydrogens (tertiary/aromatic N) is 5. The maximum Gasteiger partial charge on any atom is 0.303 e. The van der Waals surface area contributed by atoms with Crippen molar-refractivity contribution in [3.63, 3.8) is 0 Å². The molecule has 4 unspecified atom stereocenters. The average Bonchev–Trinajstić information content (AvgIpc) is 3.58. The second-order valence-electron chi connectivity index (χ2n) is 11.1. The topological polar surface area (TPSA) is 168 Å². The Labute approximate surface area is 265 Å². The van der Waals surface area contributed by atoms with Gasteiger partial charge in [0.2, 0.25) is 5.82 Å². The number of carbonyl (C=O) groups is 3. The first-order valence-electron chi connectivity index (χ1n) is 14.7. The zero-order valence-electron chi connectivity index (χ0n) is 26.1. The van der Waals surface area contributed by atoms with Crippen LogP contribution in [0.25, 0.3) is 11.2 Å². The summed E-state index contributed by atoms with van der Waals surface area (Å²) in [4.78, 5) is 49.1. The van der Waals surface area contributed by atoms with Gasteiger partial charge in [0.25, 0.3) is 0 Å². The SMILES string of the molecule is CC(=O)OCC1OC(n2cnc3c(NCC(c4ccc(C)cc4)c4ccc(C)cc4)nc(C#N)nc32)C(OC(C)=O)C1OC(C)=O. The van der Waals surface area contributed by atoms with E-state index in [0.29, 0.717) is 17.9 Å². The Kier molecular flexibility index (Phi) is 9.58. The van der Waals surface area contributed by atoms with E-state index < -0.39 is 42.4 Å². The predicted molar refractivity (Wildman–Crippen MR) is 164 cm³/mol. The molecule has 3 heterocycles. The third-order valence-electron chi connectivity index (χ3n) is 7.57. The van der Waals surface area contributed by atoms with Crippen LogP contribution in [0.3, 0.4) is 0 Å². The van der Waals surface area contributed by atoms with E-state index in [1.807, 2.05) is 19.9 Å². The van der Waals surface area contributed by atoms with Crippen LogP contribution in [-0.4, -0.2) is 68.9 Å². The molecule has 4 atom stereocenters. The number of anilines is 1. The van der Waals surface area contributed by atoms with Crippen LogP contribution in [0.4, 0.5) is 5.82 Å². The van der Waals surface area contributed by atoms with Gasteiger partial charge in [-0.2, -0.15) is 15.2 Å². The van der Waals surface area contributed by atoms with Gasteiger partial charge < -0.3 is 24.3 Å². The molecule has 1 aliphatic rings. The van der Waals surface area contributed by atoms with Gasteiger partial charge in [0.05, 0.1) is 6.33 Å². The molecule has 0 saturated carbocycles. The second kappa shape index (κ2) is 13.7. The fourth-order valence-corrected chi connectivity index (χ4v) is 5.42. The lowest BCUT2D eigenvalue weighted by molar-refractivity contribution is -0.166. The standard InChI is InChI=1S/C33H34N6O7/c1-18-6-10-23(11-7-18)25(24-12-8-19(2)9-13-24)15-35-31-28-32(38-27(14-34)37-31)39(17-36-28)33-30(45-22(5)42)29(44-21(4)41)26(46-33)16-43-20(3)40/h6-13,17,25-26,29-30,33H,15-16H2,1-5H3,(H,35,37,38). The monoisotopic (exact) mass is 626 g/mol. The van der Waals surface area contributed by atoms with E-state index in [0.717, 1.165) is 22.3 Å². The Morgan fingerprint density at radius 3 is 2.04 bits per heavy atom. The molecule has 238 valence electrons. The minimum absolute atomic E-state index is 0.0585. The number of rotatable bonds is 10. The Morgan fingerprint density at radius 2 is 1.50 bits per heavy atom. The number of nitrogens with one attached hydrogen (secondary N) is 1. The number of benzene rings is 2. The van der Waals surface area contributed by atoms with Crippen molar-refractivity contribution in [1.29, 1.82) is 5.26 Å². The molecule has 1 fully saturated rings. The molecule has 13 heteroatoms. The third kappa shape index (κ3) is 7.13. The van der Waals surface area contributed by atoms with Crippen LogP contribution in [-0.2, 0) is 33.3 Å². The van der Waals surface area contributed by atoms with E-state index in [-0.39, 0.29) is 24.0 Å². The Bertz CT molecular complexity index is 1740. The number of esters is 3. The van der Waals surface area contributed by atoms with Gasteiger partial charge in [-0.05, 0) is 25.0 Å². The maximum absolute atomic E-state index is 12.2. The van der Waals surface area contributed by atoms with Gasteiger partial charge in [0.15, 0.2) is 35.4 Å². The van der Waals surface area contributed by atoms with Crippen LogP contribution < -0.4 is 5.32 Å². The molecule has 2 aromatic carbocycles. The summed E-state index contributed by atoms with van der Waals surface area (Å²) < 4.78 is 23.8. The summed E-state index contributed by atoms with van der Waals surface area (Å²) in [5.41, 5.74) is 5.03. The summed E-state index contributed by atoms with van der Waals surface area (Å²) >= 11 is 0. The van der Waals surface area contributed by atoms with Crippen molar-refractivity contribution in [3.8, 4) is 6.07 Å². The molecule has 0 bridgehead atoms. The number of hydrogen-bond acceptors (Lipinski definition) is 12. The van der Waals surface area contributed by atoms with Gasteiger partial charge in [0.1, 0.15) is 18.8 Å². The first kappa shape index (κ1) is 32.1. The Morgan fingerprint density at radius 1 is 0.913 bits per heavy atom. The lowest BCUT2D eigenvalue weighted by Gasteiger charge is -2.23. The highest BCUT2D eigenvalue weighted by molar-refractivity contribution is 5.83. The molecule has 1 aliphatic heterocycles. The van der Waals surface area contributed by atoms with Gasteiger partial charge in [-0.15, -0.1) is 0 Å². The summed E-state index contributed by atoms with van der Waals surface area (Å²) in [7, 11) is 0. The van der Waals surface area contributed by atoms with Crippen molar-refractivity contribution in [2.45, 2.75) is 65.1 Å². The second-order valence-corrected chi connectivity index (χ2v) is 11.1. The smallest absolute Gasteiger partial charge is 0.303 e. The van der Waals surface area contributed by atoms with E-state index in [1.54, 1.807) is 0 Å². The highest BCUT2D eigenvalue weighted by Crippen LogP contribution is 2.37. The number of fused-ring (bicyclic) bond motifs is 1. The molecule has 1 saturated heterocycles. The predicted octanol–water partition coefficient (Wildman–Crippen LogP) is 3.88. The lowest BCUT2D eigenvalue weighted by atomic mass is 9.90. The van der Waals surface area contributed by atoms with Crippen molar-refractivity contribution in [1.82, 2.24) is 19.5 Å². The average molecular weight is 627 g/mol. The minimum atomic E-state index is -1.15. The van der Waals surface area contributed by atoms with Crippen molar-refractivity contribution in [3.05, 3.63) is 82.9 Å². The molecule has 46 heavy (non-hydrogen) atoms. The van der Waals surface area contributed by atoms with E-state index in [4.69, 9.17) is 18.9 Å². The minimum Gasteiger partial charge on any atom is -0.463 e. The molecule has 1 N–H and O–H groups in total. The number of hydrogen-bond donors (Lipinski definition) is 1. The van der Waals surface area contributed by atoms with Crippen molar-refractivity contribution in [2.75, 3.05) is 18.5 Å². The van der Waals surface area contributed by atoms with Crippen molar-refractivity contribution >= 4 is 34.9 Å². The molecule has 0 radical (unpaired) electrons. The molecule has 4 aromatic rings. The van der Waals surface area contributed by atoms with E-state index in [9.17, 15) is 19.6 Å². The van der Waals surface area contributed by atoms with E-state index in [2.05, 4.69) is 68.8 Å². The van der Waals surface area contributed by atoms with Crippen molar-refractivity contribution < 1.29 is 33.3 Å². The highest BCUT2D eigenvalue weighted by Gasteiger charge is 2.51. The first-order chi connectivity index (χ1) is 22.0. The largest absolute Gasteiger partial charge is 0.463 e. The molecular weight excluding hydrogens is 592 g/mol. The van der Waals surface area contributed by atoms with E-state index >= 15 is 0 Å². The lowest BCUT2D eigenvalue weighted by Crippen LogP contribution is -2.40. The van der Waals surface area contributed by atoms with Gasteiger partial charge in [-0.1, -0.05) is 59.7 Å². The summed E-state index contributed by atoms with van der Waals surface area (Å²) in [5, 5.41) is 13.2. The summed E-state index contributed by atoms with van der Waals surface area (Å²) in [5.74, 6) is -1.74. The summed E-state index contributed by atoms with van der Waals surface area (Å²) in [6, 6.07) is 18.6. The van der Waals surface area contributed by atoms with Gasteiger partial charge in [-0.3, -0.25) is 19.0 Å². The number of aromatic nitrogens is 4. The van der Waals surface area contributed by atoms with Crippen LogP contribution in [0.1, 0.15) is 61.0 Å². The fourth-order valence-electron chi connectivity index (χ4n) is 5.42. The molecule has 5 rings (SSSR count). The Balaban J connectivity index is 1.52. The number of carbonyl (C=O) groups excluding carboxylic acids is 3. The van der Waals surface area contributed by atoms with Crippen LogP contribution in [0, 0.1) is 25.2 Å². The van der Waals surface area contributed by atoms with Gasteiger partial charge in [0, 0.05) is 33.2 Å².